The molecule has 3 aromatic carbocycles. The zero-order valence-corrected chi connectivity index (χ0v) is 20.2. The fourth-order valence-corrected chi connectivity index (χ4v) is 4.36. The van der Waals surface area contributed by atoms with Gasteiger partial charge in [0.2, 0.25) is 0 Å². The van der Waals surface area contributed by atoms with Gasteiger partial charge < -0.3 is 20.2 Å². The lowest BCUT2D eigenvalue weighted by Gasteiger charge is -2.24. The third kappa shape index (κ3) is 7.47. The van der Waals surface area contributed by atoms with Gasteiger partial charge in [-0.25, -0.2) is 0 Å². The van der Waals surface area contributed by atoms with E-state index in [0.29, 0.717) is 6.42 Å². The van der Waals surface area contributed by atoms with E-state index in [1.807, 2.05) is 42.5 Å². The van der Waals surface area contributed by atoms with Crippen LogP contribution in [0.3, 0.4) is 0 Å². The van der Waals surface area contributed by atoms with Crippen LogP contribution in [0.1, 0.15) is 55.7 Å². The Bertz CT molecular complexity index is 958. The molecule has 3 N–H and O–H groups in total. The van der Waals surface area contributed by atoms with E-state index in [0.717, 1.165) is 34.3 Å². The summed E-state index contributed by atoms with van der Waals surface area (Å²) in [6.07, 6.45) is 5.68. The van der Waals surface area contributed by atoms with Gasteiger partial charge in [-0.1, -0.05) is 67.9 Å². The molecule has 34 heavy (non-hydrogen) atoms. The number of hydrogen-bond donors (Lipinski definition) is 3. The third-order valence-corrected chi connectivity index (χ3v) is 6.22. The van der Waals surface area contributed by atoms with Crippen LogP contribution in [0.25, 0.3) is 11.1 Å². The van der Waals surface area contributed by atoms with Crippen LogP contribution in [0, 0.1) is 0 Å². The Kier molecular flexibility index (Phi) is 10.2. The van der Waals surface area contributed by atoms with Crippen LogP contribution in [0.15, 0.2) is 78.9 Å². The minimum Gasteiger partial charge on any atom is -0.508 e. The number of phenolic OH excluding ortho intramolecular Hbond substituents is 2. The second kappa shape index (κ2) is 13.6. The fourth-order valence-electron chi connectivity index (χ4n) is 4.36. The Morgan fingerprint density at radius 1 is 0.706 bits per heavy atom. The van der Waals surface area contributed by atoms with E-state index in [9.17, 15) is 15.3 Å². The zero-order valence-electron chi connectivity index (χ0n) is 20.2. The second-order valence-electron chi connectivity index (χ2n) is 8.64. The van der Waals surface area contributed by atoms with E-state index >= 15 is 0 Å². The van der Waals surface area contributed by atoms with Gasteiger partial charge >= 0.3 is 0 Å². The molecule has 1 aliphatic heterocycles. The van der Waals surface area contributed by atoms with Gasteiger partial charge in [-0.15, -0.1) is 0 Å². The molecular formula is C30H37NO3. The van der Waals surface area contributed by atoms with Gasteiger partial charge in [0.05, 0.1) is 0 Å². The number of aliphatic hydroxyl groups excluding tert-OH is 1. The summed E-state index contributed by atoms with van der Waals surface area (Å²) in [4.78, 5) is 2.52. The van der Waals surface area contributed by atoms with E-state index in [2.05, 4.69) is 24.0 Å². The molecule has 4 heteroatoms. The number of aliphatic hydroxyl groups is 1. The first-order valence-electron chi connectivity index (χ1n) is 12.3. The van der Waals surface area contributed by atoms with E-state index in [4.69, 9.17) is 0 Å². The SMILES string of the molecule is CCN1CCCCC1.OCCCC(=C(c1ccc(O)cc1)c1ccc(O)cc1)c1ccccc1. The number of phenols is 2. The normalized spacial score (nSPS) is 13.6. The maximum absolute atomic E-state index is 9.66. The van der Waals surface area contributed by atoms with Crippen molar-refractivity contribution < 1.29 is 15.3 Å². The summed E-state index contributed by atoms with van der Waals surface area (Å²) in [5, 5.41) is 28.7. The summed E-state index contributed by atoms with van der Waals surface area (Å²) in [5.74, 6) is 0.436. The summed E-state index contributed by atoms with van der Waals surface area (Å²) in [5.41, 5.74) is 5.20. The number of piperidine rings is 1. The number of rotatable bonds is 7. The Morgan fingerprint density at radius 2 is 1.24 bits per heavy atom. The van der Waals surface area contributed by atoms with Crippen LogP contribution in [0.4, 0.5) is 0 Å². The first kappa shape index (κ1) is 25.5. The van der Waals surface area contributed by atoms with Crippen LogP contribution in [-0.4, -0.2) is 46.5 Å². The summed E-state index contributed by atoms with van der Waals surface area (Å²) in [7, 11) is 0. The topological polar surface area (TPSA) is 63.9 Å². The highest BCUT2D eigenvalue weighted by atomic mass is 16.3. The molecule has 0 amide bonds. The van der Waals surface area contributed by atoms with E-state index in [1.165, 1.54) is 38.9 Å². The lowest BCUT2D eigenvalue weighted by atomic mass is 9.87. The number of allylic oxidation sites excluding steroid dienone is 1. The molecule has 0 radical (unpaired) electrons. The highest BCUT2D eigenvalue weighted by Crippen LogP contribution is 2.36. The number of likely N-dealkylation sites (tertiary alicyclic amines) is 1. The van der Waals surface area contributed by atoms with Crippen molar-refractivity contribution in [2.75, 3.05) is 26.2 Å². The summed E-state index contributed by atoms with van der Waals surface area (Å²) < 4.78 is 0. The molecule has 0 unspecified atom stereocenters. The average Bonchev–Trinajstić information content (AvgIpc) is 2.89. The first-order chi connectivity index (χ1) is 16.6. The number of nitrogens with zero attached hydrogens (tertiary/aromatic N) is 1. The van der Waals surface area contributed by atoms with Crippen LogP contribution >= 0.6 is 0 Å². The summed E-state index contributed by atoms with van der Waals surface area (Å²) in [6, 6.07) is 24.3. The van der Waals surface area contributed by atoms with Crippen LogP contribution in [0.2, 0.25) is 0 Å². The highest BCUT2D eigenvalue weighted by Gasteiger charge is 2.14. The van der Waals surface area contributed by atoms with E-state index in [1.54, 1.807) is 24.3 Å². The zero-order chi connectivity index (χ0) is 24.2. The molecular weight excluding hydrogens is 422 g/mol. The van der Waals surface area contributed by atoms with Gasteiger partial charge in [0.1, 0.15) is 11.5 Å². The Morgan fingerprint density at radius 3 is 1.68 bits per heavy atom. The average molecular weight is 460 g/mol. The van der Waals surface area contributed by atoms with E-state index in [-0.39, 0.29) is 18.1 Å². The van der Waals surface area contributed by atoms with Crippen LogP contribution in [-0.2, 0) is 0 Å². The van der Waals surface area contributed by atoms with Gasteiger partial charge in [-0.05, 0) is 97.4 Å². The largest absolute Gasteiger partial charge is 0.508 e. The van der Waals surface area contributed by atoms with Crippen molar-refractivity contribution in [1.29, 1.82) is 0 Å². The molecule has 0 spiro atoms. The minimum atomic E-state index is 0.120. The molecule has 0 bridgehead atoms. The monoisotopic (exact) mass is 459 g/mol. The van der Waals surface area contributed by atoms with Gasteiger partial charge in [-0.3, -0.25) is 0 Å². The van der Waals surface area contributed by atoms with Crippen molar-refractivity contribution in [2.24, 2.45) is 0 Å². The summed E-state index contributed by atoms with van der Waals surface area (Å²) in [6.45, 7) is 6.30. The van der Waals surface area contributed by atoms with Crippen molar-refractivity contribution in [3.8, 4) is 11.5 Å². The van der Waals surface area contributed by atoms with Crippen LogP contribution < -0.4 is 0 Å². The number of aromatic hydroxyl groups is 2. The van der Waals surface area contributed by atoms with Gasteiger partial charge in [0, 0.05) is 6.61 Å². The number of benzene rings is 3. The van der Waals surface area contributed by atoms with Crippen molar-refractivity contribution in [3.63, 3.8) is 0 Å². The lowest BCUT2D eigenvalue weighted by molar-refractivity contribution is 0.240. The molecule has 0 saturated carbocycles. The minimum absolute atomic E-state index is 0.120. The van der Waals surface area contributed by atoms with Gasteiger partial charge in [0.15, 0.2) is 0 Å². The molecule has 1 aliphatic rings. The second-order valence-corrected chi connectivity index (χ2v) is 8.64. The predicted molar refractivity (Wildman–Crippen MR) is 141 cm³/mol. The quantitative estimate of drug-likeness (QED) is 0.362. The van der Waals surface area contributed by atoms with Crippen molar-refractivity contribution in [1.82, 2.24) is 4.90 Å². The van der Waals surface area contributed by atoms with Crippen LogP contribution in [0.5, 0.6) is 11.5 Å². The maximum atomic E-state index is 9.66. The number of hydrogen-bond acceptors (Lipinski definition) is 4. The van der Waals surface area contributed by atoms with Crippen molar-refractivity contribution in [2.45, 2.75) is 39.0 Å². The summed E-state index contributed by atoms with van der Waals surface area (Å²) >= 11 is 0. The molecule has 180 valence electrons. The van der Waals surface area contributed by atoms with Gasteiger partial charge in [0.25, 0.3) is 0 Å². The maximum Gasteiger partial charge on any atom is 0.115 e. The molecule has 0 aliphatic carbocycles. The fraction of sp³-hybridized carbons (Fsp3) is 0.333. The lowest BCUT2D eigenvalue weighted by Crippen LogP contribution is -2.29. The van der Waals surface area contributed by atoms with Gasteiger partial charge in [-0.2, -0.15) is 0 Å². The van der Waals surface area contributed by atoms with E-state index < -0.39 is 0 Å². The molecule has 1 fully saturated rings. The molecule has 4 rings (SSSR count). The van der Waals surface area contributed by atoms with Crippen molar-refractivity contribution in [3.05, 3.63) is 95.6 Å². The third-order valence-electron chi connectivity index (χ3n) is 6.22. The standard InChI is InChI=1S/C23H22O3.C7H15N/c24-16-4-7-22(17-5-2-1-3-6-17)23(18-8-12-20(25)13-9-18)19-10-14-21(26)15-11-19;1-2-8-6-4-3-5-7-8/h1-3,5-6,8-15,24-26H,4,7,16H2;2-7H2,1H3. The molecule has 1 heterocycles. The predicted octanol–water partition coefficient (Wildman–Crippen LogP) is 6.32. The first-order valence-corrected chi connectivity index (χ1v) is 12.3. The molecule has 0 aromatic heterocycles. The smallest absolute Gasteiger partial charge is 0.115 e. The Labute approximate surface area is 203 Å². The highest BCUT2D eigenvalue weighted by molar-refractivity contribution is 5.98. The van der Waals surface area contributed by atoms with Crippen molar-refractivity contribution >= 4 is 11.1 Å². The molecule has 0 atom stereocenters. The molecule has 3 aromatic rings. The molecule has 4 nitrogen and oxygen atoms in total. The molecule has 1 saturated heterocycles. The Balaban J connectivity index is 0.000000343. The Hall–Kier alpha value is -3.08.